The van der Waals surface area contributed by atoms with Crippen molar-refractivity contribution in [2.75, 3.05) is 5.75 Å². The largest absolute Gasteiger partial charge is 0.473 e. The van der Waals surface area contributed by atoms with E-state index in [1.807, 2.05) is 0 Å². The molecule has 0 fully saturated rings. The van der Waals surface area contributed by atoms with Gasteiger partial charge in [0, 0.05) is 5.56 Å². The maximum absolute atomic E-state index is 11.3. The molecule has 68 valence electrons. The number of carbonyl (C=O) groups excluding carboxylic acids is 1. The Morgan fingerprint density at radius 1 is 1.23 bits per heavy atom. The number of thioether (sulfide) groups is 1. The van der Waals surface area contributed by atoms with E-state index < -0.39 is 5.30 Å². The average molecular weight is 196 g/mol. The topological polar surface area (TPSA) is 54.4 Å². The van der Waals surface area contributed by atoms with Crippen molar-refractivity contribution < 1.29 is 14.7 Å². The second-order valence-corrected chi connectivity index (χ2v) is 3.27. The molecule has 3 nitrogen and oxygen atoms in total. The van der Waals surface area contributed by atoms with Gasteiger partial charge in [0.15, 0.2) is 5.78 Å². The van der Waals surface area contributed by atoms with Gasteiger partial charge in [-0.15, -0.1) is 0 Å². The van der Waals surface area contributed by atoms with Crippen LogP contribution in [0.1, 0.15) is 10.4 Å². The fraction of sp³-hybridized carbons (Fsp3) is 0.111. The van der Waals surface area contributed by atoms with Gasteiger partial charge in [-0.1, -0.05) is 30.3 Å². The molecule has 0 aliphatic carbocycles. The van der Waals surface area contributed by atoms with Gasteiger partial charge in [-0.05, 0) is 11.8 Å². The van der Waals surface area contributed by atoms with Crippen molar-refractivity contribution in [1.29, 1.82) is 0 Å². The number of carboxylic acid groups (broad SMARTS) is 1. The van der Waals surface area contributed by atoms with Crippen LogP contribution >= 0.6 is 11.8 Å². The van der Waals surface area contributed by atoms with Gasteiger partial charge in [0.1, 0.15) is 0 Å². The molecule has 0 aromatic heterocycles. The normalized spacial score (nSPS) is 9.54. The Labute approximate surface area is 79.8 Å². The first-order valence-electron chi connectivity index (χ1n) is 3.64. The van der Waals surface area contributed by atoms with Gasteiger partial charge in [-0.3, -0.25) is 4.79 Å². The van der Waals surface area contributed by atoms with Crippen LogP contribution in [-0.4, -0.2) is 21.9 Å². The maximum atomic E-state index is 11.3. The molecule has 0 atom stereocenters. The van der Waals surface area contributed by atoms with E-state index in [0.29, 0.717) is 17.3 Å². The van der Waals surface area contributed by atoms with Crippen LogP contribution < -0.4 is 0 Å². The smallest absolute Gasteiger partial charge is 0.365 e. The summed E-state index contributed by atoms with van der Waals surface area (Å²) in [5.41, 5.74) is 0.552. The van der Waals surface area contributed by atoms with E-state index in [2.05, 4.69) is 0 Å². The molecule has 0 radical (unpaired) electrons. The van der Waals surface area contributed by atoms with Crippen molar-refractivity contribution in [1.82, 2.24) is 0 Å². The second-order valence-electron chi connectivity index (χ2n) is 2.34. The van der Waals surface area contributed by atoms with Gasteiger partial charge < -0.3 is 5.11 Å². The fourth-order valence-corrected chi connectivity index (χ4v) is 1.26. The minimum Gasteiger partial charge on any atom is -0.473 e. The summed E-state index contributed by atoms with van der Waals surface area (Å²) in [4.78, 5) is 21.4. The highest BCUT2D eigenvalue weighted by Gasteiger charge is 2.07. The number of ketones is 1. The van der Waals surface area contributed by atoms with Crippen molar-refractivity contribution in [3.05, 3.63) is 35.9 Å². The molecule has 0 bridgehead atoms. The van der Waals surface area contributed by atoms with E-state index in [1.165, 1.54) is 0 Å². The van der Waals surface area contributed by atoms with Crippen LogP contribution in [-0.2, 0) is 0 Å². The van der Waals surface area contributed by atoms with Crippen molar-refractivity contribution in [2.24, 2.45) is 0 Å². The number of carbonyl (C=O) groups is 2. The van der Waals surface area contributed by atoms with Crippen LogP contribution in [0.3, 0.4) is 0 Å². The molecule has 1 rings (SSSR count). The Morgan fingerprint density at radius 3 is 2.38 bits per heavy atom. The molecule has 0 saturated carbocycles. The molecule has 0 aliphatic heterocycles. The Kier molecular flexibility index (Phi) is 3.52. The summed E-state index contributed by atoms with van der Waals surface area (Å²) in [6, 6.07) is 8.65. The first kappa shape index (κ1) is 9.80. The van der Waals surface area contributed by atoms with Crippen LogP contribution in [0.15, 0.2) is 30.3 Å². The highest BCUT2D eigenvalue weighted by atomic mass is 32.2. The molecule has 4 heteroatoms. The van der Waals surface area contributed by atoms with Crippen LogP contribution in [0.4, 0.5) is 4.79 Å². The summed E-state index contributed by atoms with van der Waals surface area (Å²) in [6.07, 6.45) is 0. The maximum Gasteiger partial charge on any atom is 0.365 e. The van der Waals surface area contributed by atoms with Crippen LogP contribution in [0.25, 0.3) is 0 Å². The lowest BCUT2D eigenvalue weighted by atomic mass is 10.2. The minimum atomic E-state index is -1.02. The molecular weight excluding hydrogens is 188 g/mol. The summed E-state index contributed by atoms with van der Waals surface area (Å²) in [5.74, 6) is -0.174. The molecule has 1 aromatic carbocycles. The summed E-state index contributed by atoms with van der Waals surface area (Å²) < 4.78 is 0. The number of hydrogen-bond acceptors (Lipinski definition) is 3. The third-order valence-corrected chi connectivity index (χ3v) is 2.08. The van der Waals surface area contributed by atoms with Crippen molar-refractivity contribution >= 4 is 22.8 Å². The van der Waals surface area contributed by atoms with Crippen molar-refractivity contribution in [3.63, 3.8) is 0 Å². The third-order valence-electron chi connectivity index (χ3n) is 1.42. The third kappa shape index (κ3) is 3.29. The van der Waals surface area contributed by atoms with Crippen LogP contribution in [0.2, 0.25) is 0 Å². The molecular formula is C9H8O3S. The fourth-order valence-electron chi connectivity index (χ4n) is 0.835. The van der Waals surface area contributed by atoms with Crippen LogP contribution in [0, 0.1) is 0 Å². The number of hydrogen-bond donors (Lipinski definition) is 1. The predicted molar refractivity (Wildman–Crippen MR) is 51.3 cm³/mol. The summed E-state index contributed by atoms with van der Waals surface area (Å²) in [5, 5.41) is 7.30. The molecule has 1 N–H and O–H groups in total. The molecule has 0 unspecified atom stereocenters. The average Bonchev–Trinajstić information content (AvgIpc) is 2.15. The highest BCUT2D eigenvalue weighted by molar-refractivity contribution is 8.13. The molecule has 0 spiro atoms. The predicted octanol–water partition coefficient (Wildman–Crippen LogP) is 2.28. The molecule has 0 amide bonds. The van der Waals surface area contributed by atoms with Crippen LogP contribution in [0.5, 0.6) is 0 Å². The first-order chi connectivity index (χ1) is 6.20. The zero-order valence-corrected chi connectivity index (χ0v) is 7.58. The van der Waals surface area contributed by atoms with E-state index in [0.717, 1.165) is 0 Å². The Hall–Kier alpha value is -1.29. The molecule has 0 heterocycles. The second kappa shape index (κ2) is 4.67. The van der Waals surface area contributed by atoms with E-state index in [4.69, 9.17) is 5.11 Å². The lowest BCUT2D eigenvalue weighted by Crippen LogP contribution is -2.03. The zero-order chi connectivity index (χ0) is 9.68. The molecule has 0 aliphatic rings. The first-order valence-corrected chi connectivity index (χ1v) is 4.62. The van der Waals surface area contributed by atoms with Gasteiger partial charge in [0.2, 0.25) is 0 Å². The summed E-state index contributed by atoms with van der Waals surface area (Å²) in [6.45, 7) is 0. The Morgan fingerprint density at radius 2 is 1.85 bits per heavy atom. The van der Waals surface area contributed by atoms with Gasteiger partial charge in [0.25, 0.3) is 0 Å². The van der Waals surface area contributed by atoms with E-state index in [-0.39, 0.29) is 11.5 Å². The molecule has 0 saturated heterocycles. The number of rotatable bonds is 3. The summed E-state index contributed by atoms with van der Waals surface area (Å²) >= 11 is 0.601. The van der Waals surface area contributed by atoms with E-state index in [9.17, 15) is 9.59 Å². The van der Waals surface area contributed by atoms with E-state index in [1.54, 1.807) is 30.3 Å². The van der Waals surface area contributed by atoms with Gasteiger partial charge in [-0.25, -0.2) is 4.79 Å². The monoisotopic (exact) mass is 196 g/mol. The van der Waals surface area contributed by atoms with E-state index >= 15 is 0 Å². The number of benzene rings is 1. The van der Waals surface area contributed by atoms with Gasteiger partial charge >= 0.3 is 5.30 Å². The number of Topliss-reactive ketones (excluding diaryl/α,β-unsaturated/α-hetero) is 1. The minimum absolute atomic E-state index is 0.0145. The lowest BCUT2D eigenvalue weighted by Gasteiger charge is -1.96. The lowest BCUT2D eigenvalue weighted by molar-refractivity contribution is 0.102. The summed E-state index contributed by atoms with van der Waals surface area (Å²) in [7, 11) is 0. The standard InChI is InChI=1S/C9H8O3S/c10-8(6-13-9(11)12)7-4-2-1-3-5-7/h1-5H,6H2,(H,11,12). The van der Waals surface area contributed by atoms with Crippen molar-refractivity contribution in [3.8, 4) is 0 Å². The highest BCUT2D eigenvalue weighted by Crippen LogP contribution is 2.07. The van der Waals surface area contributed by atoms with Crippen molar-refractivity contribution in [2.45, 2.75) is 0 Å². The Balaban J connectivity index is 2.54. The quantitative estimate of drug-likeness (QED) is 0.753. The Bertz CT molecular complexity index is 308. The molecule has 13 heavy (non-hydrogen) atoms. The van der Waals surface area contributed by atoms with Gasteiger partial charge in [0.05, 0.1) is 5.75 Å². The SMILES string of the molecule is O=C(O)SCC(=O)c1ccccc1. The van der Waals surface area contributed by atoms with Gasteiger partial charge in [-0.2, -0.15) is 0 Å². The zero-order valence-electron chi connectivity index (χ0n) is 6.77. The molecule has 1 aromatic rings.